The lowest BCUT2D eigenvalue weighted by atomic mass is 10.2. The number of nitrogens with zero attached hydrogens (tertiary/aromatic N) is 1. The fourth-order valence-electron chi connectivity index (χ4n) is 1.99. The number of urea groups is 1. The van der Waals surface area contributed by atoms with Gasteiger partial charge in [-0.2, -0.15) is 0 Å². The van der Waals surface area contributed by atoms with E-state index < -0.39 is 5.97 Å². The van der Waals surface area contributed by atoms with Crippen LogP contribution in [0.25, 0.3) is 0 Å². The lowest BCUT2D eigenvalue weighted by molar-refractivity contribution is -0.137. The first-order valence-corrected chi connectivity index (χ1v) is 7.22. The van der Waals surface area contributed by atoms with Crippen LogP contribution >= 0.6 is 11.3 Å². The minimum atomic E-state index is -0.804. The van der Waals surface area contributed by atoms with Gasteiger partial charge in [0.15, 0.2) is 5.13 Å². The highest BCUT2D eigenvalue weighted by Gasteiger charge is 2.17. The van der Waals surface area contributed by atoms with Crippen LogP contribution < -0.4 is 10.6 Å². The number of carbonyl (C=O) groups is 2. The Morgan fingerprint density at radius 3 is 2.89 bits per heavy atom. The van der Waals surface area contributed by atoms with E-state index in [1.807, 2.05) is 0 Å². The first-order chi connectivity index (χ1) is 9.15. The van der Waals surface area contributed by atoms with E-state index in [2.05, 4.69) is 15.6 Å². The Balaban J connectivity index is 1.65. The van der Waals surface area contributed by atoms with Gasteiger partial charge in [0.25, 0.3) is 0 Å². The average molecular weight is 283 g/mol. The van der Waals surface area contributed by atoms with Crippen LogP contribution in [0, 0.1) is 0 Å². The van der Waals surface area contributed by atoms with Gasteiger partial charge < -0.3 is 10.4 Å². The molecule has 104 valence electrons. The van der Waals surface area contributed by atoms with E-state index in [4.69, 9.17) is 5.11 Å². The third kappa shape index (κ3) is 4.20. The van der Waals surface area contributed by atoms with Gasteiger partial charge in [-0.15, -0.1) is 11.3 Å². The second-order valence-corrected chi connectivity index (χ2v) is 5.56. The third-order valence-electron chi connectivity index (χ3n) is 2.92. The van der Waals surface area contributed by atoms with Crippen molar-refractivity contribution in [3.05, 3.63) is 10.6 Å². The number of hydrogen-bond donors (Lipinski definition) is 3. The van der Waals surface area contributed by atoms with Crippen molar-refractivity contribution in [3.8, 4) is 0 Å². The maximum atomic E-state index is 11.6. The number of rotatable bonds is 6. The van der Waals surface area contributed by atoms with Gasteiger partial charge >= 0.3 is 12.0 Å². The van der Waals surface area contributed by atoms with Gasteiger partial charge in [-0.1, -0.05) is 0 Å². The Morgan fingerprint density at radius 2 is 2.16 bits per heavy atom. The molecule has 0 radical (unpaired) electrons. The fourth-order valence-corrected chi connectivity index (χ4v) is 3.03. The molecule has 0 bridgehead atoms. The van der Waals surface area contributed by atoms with E-state index in [9.17, 15) is 9.59 Å². The molecule has 0 aliphatic heterocycles. The van der Waals surface area contributed by atoms with Crippen LogP contribution in [0.5, 0.6) is 0 Å². The quantitative estimate of drug-likeness (QED) is 0.696. The molecule has 6 nitrogen and oxygen atoms in total. The molecule has 1 heterocycles. The van der Waals surface area contributed by atoms with Gasteiger partial charge in [0.05, 0.1) is 5.69 Å². The van der Waals surface area contributed by atoms with Gasteiger partial charge in [-0.25, -0.2) is 9.78 Å². The van der Waals surface area contributed by atoms with Crippen molar-refractivity contribution in [1.29, 1.82) is 0 Å². The lowest BCUT2D eigenvalue weighted by Gasteiger charge is -2.04. The lowest BCUT2D eigenvalue weighted by Crippen LogP contribution is -2.29. The monoisotopic (exact) mass is 283 g/mol. The maximum Gasteiger partial charge on any atom is 0.321 e. The molecule has 1 aromatic heterocycles. The smallest absolute Gasteiger partial charge is 0.321 e. The summed E-state index contributed by atoms with van der Waals surface area (Å²) in [4.78, 5) is 27.5. The van der Waals surface area contributed by atoms with E-state index >= 15 is 0 Å². The molecule has 1 aliphatic rings. The molecule has 1 aromatic rings. The van der Waals surface area contributed by atoms with Crippen molar-refractivity contribution in [2.75, 3.05) is 11.9 Å². The number of amides is 2. The molecule has 0 spiro atoms. The highest BCUT2D eigenvalue weighted by molar-refractivity contribution is 7.15. The maximum absolute atomic E-state index is 11.6. The van der Waals surface area contributed by atoms with Crippen LogP contribution in [-0.2, 0) is 17.6 Å². The van der Waals surface area contributed by atoms with E-state index in [0.29, 0.717) is 24.5 Å². The van der Waals surface area contributed by atoms with Gasteiger partial charge in [-0.3, -0.25) is 10.1 Å². The number of carboxylic acids is 1. The topological polar surface area (TPSA) is 91.3 Å². The molecule has 2 amide bonds. The highest BCUT2D eigenvalue weighted by Crippen LogP contribution is 2.30. The second-order valence-electron chi connectivity index (χ2n) is 4.47. The summed E-state index contributed by atoms with van der Waals surface area (Å²) in [5.41, 5.74) is 1.11. The zero-order valence-corrected chi connectivity index (χ0v) is 11.4. The number of unbranched alkanes of at least 4 members (excludes halogenated alkanes) is 1. The summed E-state index contributed by atoms with van der Waals surface area (Å²) in [6.07, 6.45) is 4.60. The van der Waals surface area contributed by atoms with E-state index in [0.717, 1.165) is 25.0 Å². The summed E-state index contributed by atoms with van der Waals surface area (Å²) in [7, 11) is 0. The molecule has 0 atom stereocenters. The van der Waals surface area contributed by atoms with Crippen molar-refractivity contribution >= 4 is 28.5 Å². The minimum Gasteiger partial charge on any atom is -0.481 e. The number of nitrogens with one attached hydrogen (secondary N) is 2. The first kappa shape index (κ1) is 13.8. The summed E-state index contributed by atoms with van der Waals surface area (Å²) < 4.78 is 0. The number of aryl methyl sites for hydroxylation is 2. The van der Waals surface area contributed by atoms with E-state index in [1.165, 1.54) is 16.2 Å². The Bertz CT molecular complexity index is 451. The largest absolute Gasteiger partial charge is 0.481 e. The fraction of sp³-hybridized carbons (Fsp3) is 0.583. The predicted octanol–water partition coefficient (Wildman–Crippen LogP) is 2.01. The Morgan fingerprint density at radius 1 is 1.32 bits per heavy atom. The Hall–Kier alpha value is -1.63. The molecule has 7 heteroatoms. The predicted molar refractivity (Wildman–Crippen MR) is 72.6 cm³/mol. The average Bonchev–Trinajstić information content (AvgIpc) is 2.88. The Kier molecular flexibility index (Phi) is 4.73. The van der Waals surface area contributed by atoms with Crippen molar-refractivity contribution < 1.29 is 14.7 Å². The molecule has 0 fully saturated rings. The summed E-state index contributed by atoms with van der Waals surface area (Å²) in [5.74, 6) is -0.804. The zero-order valence-electron chi connectivity index (χ0n) is 10.6. The standard InChI is InChI=1S/C12H17N3O3S/c16-10(17)6-1-2-7-13-11(18)15-12-14-8-4-3-5-9(8)19-12/h1-7H2,(H,16,17)(H2,13,14,15,18). The van der Waals surface area contributed by atoms with Gasteiger partial charge in [0, 0.05) is 17.8 Å². The number of anilines is 1. The molecular weight excluding hydrogens is 266 g/mol. The number of carboxylic acid groups (broad SMARTS) is 1. The van der Waals surface area contributed by atoms with Crippen LogP contribution in [0.1, 0.15) is 36.3 Å². The van der Waals surface area contributed by atoms with Gasteiger partial charge in [-0.05, 0) is 32.1 Å². The molecule has 2 rings (SSSR count). The van der Waals surface area contributed by atoms with Crippen LogP contribution in [-0.4, -0.2) is 28.6 Å². The summed E-state index contributed by atoms with van der Waals surface area (Å²) in [6, 6.07) is -0.275. The summed E-state index contributed by atoms with van der Waals surface area (Å²) in [6.45, 7) is 0.476. The molecule has 0 aromatic carbocycles. The summed E-state index contributed by atoms with van der Waals surface area (Å²) in [5, 5.41) is 14.5. The second kappa shape index (κ2) is 6.51. The number of fused-ring (bicyclic) bond motifs is 1. The van der Waals surface area contributed by atoms with E-state index in [1.54, 1.807) is 0 Å². The van der Waals surface area contributed by atoms with Gasteiger partial charge in [0.1, 0.15) is 0 Å². The summed E-state index contributed by atoms with van der Waals surface area (Å²) >= 11 is 1.54. The first-order valence-electron chi connectivity index (χ1n) is 6.40. The van der Waals surface area contributed by atoms with Crippen molar-refractivity contribution in [1.82, 2.24) is 10.3 Å². The van der Waals surface area contributed by atoms with Crippen molar-refractivity contribution in [2.45, 2.75) is 38.5 Å². The SMILES string of the molecule is O=C(O)CCCCNC(=O)Nc1nc2c(s1)CCC2. The number of aliphatic carboxylic acids is 1. The molecule has 0 unspecified atom stereocenters. The highest BCUT2D eigenvalue weighted by atomic mass is 32.1. The normalized spacial score (nSPS) is 13.1. The molecular formula is C12H17N3O3S. The molecule has 19 heavy (non-hydrogen) atoms. The number of carbonyl (C=O) groups excluding carboxylic acids is 1. The van der Waals surface area contributed by atoms with Gasteiger partial charge in [0.2, 0.25) is 0 Å². The number of aromatic nitrogens is 1. The van der Waals surface area contributed by atoms with E-state index in [-0.39, 0.29) is 12.5 Å². The minimum absolute atomic E-state index is 0.141. The van der Waals surface area contributed by atoms with Crippen molar-refractivity contribution in [2.24, 2.45) is 0 Å². The third-order valence-corrected chi connectivity index (χ3v) is 3.99. The van der Waals surface area contributed by atoms with Crippen molar-refractivity contribution in [3.63, 3.8) is 0 Å². The number of thiazole rings is 1. The van der Waals surface area contributed by atoms with Crippen LogP contribution in [0.3, 0.4) is 0 Å². The van der Waals surface area contributed by atoms with Crippen LogP contribution in [0.4, 0.5) is 9.93 Å². The molecule has 0 saturated heterocycles. The molecule has 3 N–H and O–H groups in total. The van der Waals surface area contributed by atoms with Crippen LogP contribution in [0.15, 0.2) is 0 Å². The molecule has 1 aliphatic carbocycles. The Labute approximate surface area is 115 Å². The van der Waals surface area contributed by atoms with Crippen LogP contribution in [0.2, 0.25) is 0 Å². The number of hydrogen-bond acceptors (Lipinski definition) is 4. The molecule has 0 saturated carbocycles. The zero-order chi connectivity index (χ0) is 13.7.